The van der Waals surface area contributed by atoms with Gasteiger partial charge in [0.1, 0.15) is 11.9 Å². The van der Waals surface area contributed by atoms with E-state index in [2.05, 4.69) is 11.9 Å². The SMILES string of the molecule is CCSc1ccc(S(=O)(=O)N2CC=C(c3cn(CC=O)c4ncccc34)CC2)cc1. The highest BCUT2D eigenvalue weighted by Gasteiger charge is 2.27. The average Bonchev–Trinajstić information content (AvgIpc) is 3.13. The van der Waals surface area contributed by atoms with Gasteiger partial charge in [-0.3, -0.25) is 0 Å². The van der Waals surface area contributed by atoms with Crippen LogP contribution in [0.3, 0.4) is 0 Å². The van der Waals surface area contributed by atoms with E-state index in [4.69, 9.17) is 0 Å². The lowest BCUT2D eigenvalue weighted by Gasteiger charge is -2.26. The van der Waals surface area contributed by atoms with E-state index in [9.17, 15) is 13.2 Å². The summed E-state index contributed by atoms with van der Waals surface area (Å²) < 4.78 is 29.4. The standard InChI is InChI=1S/C22H23N3O3S2/c1-2-29-18-5-7-19(8-6-18)30(27,28)25-12-9-17(10-13-25)21-16-24(14-15-26)22-20(21)4-3-11-23-22/h3-9,11,15-16H,2,10,12-14H2,1H3. The summed E-state index contributed by atoms with van der Waals surface area (Å²) in [7, 11) is -3.53. The number of hydrogen-bond donors (Lipinski definition) is 0. The van der Waals surface area contributed by atoms with Crippen LogP contribution >= 0.6 is 11.8 Å². The van der Waals surface area contributed by atoms with Crippen molar-refractivity contribution < 1.29 is 13.2 Å². The average molecular weight is 442 g/mol. The van der Waals surface area contributed by atoms with E-state index >= 15 is 0 Å². The lowest BCUT2D eigenvalue weighted by Crippen LogP contribution is -2.34. The molecule has 0 unspecified atom stereocenters. The lowest BCUT2D eigenvalue weighted by atomic mass is 10.0. The molecule has 156 valence electrons. The number of sulfonamides is 1. The van der Waals surface area contributed by atoms with Crippen LogP contribution in [-0.4, -0.2) is 47.4 Å². The second-order valence-electron chi connectivity index (χ2n) is 6.98. The number of benzene rings is 1. The molecular weight excluding hydrogens is 418 g/mol. The number of aromatic nitrogens is 2. The van der Waals surface area contributed by atoms with Gasteiger partial charge in [0.05, 0.1) is 11.4 Å². The first-order valence-corrected chi connectivity index (χ1v) is 12.3. The molecule has 0 bridgehead atoms. The number of fused-ring (bicyclic) bond motifs is 1. The number of aldehydes is 1. The molecule has 0 aliphatic carbocycles. The molecule has 0 fully saturated rings. The largest absolute Gasteiger partial charge is 0.325 e. The number of hydrogen-bond acceptors (Lipinski definition) is 5. The van der Waals surface area contributed by atoms with E-state index in [1.54, 1.807) is 30.1 Å². The van der Waals surface area contributed by atoms with E-state index in [-0.39, 0.29) is 6.54 Å². The van der Waals surface area contributed by atoms with Gasteiger partial charge in [-0.2, -0.15) is 4.31 Å². The Morgan fingerprint density at radius 2 is 2.00 bits per heavy atom. The first-order chi connectivity index (χ1) is 14.5. The van der Waals surface area contributed by atoms with Crippen LogP contribution < -0.4 is 0 Å². The monoisotopic (exact) mass is 441 g/mol. The second-order valence-corrected chi connectivity index (χ2v) is 10.3. The highest BCUT2D eigenvalue weighted by molar-refractivity contribution is 7.99. The zero-order valence-corrected chi connectivity index (χ0v) is 18.3. The number of carbonyl (C=O) groups excluding carboxylic acids is 1. The second kappa shape index (κ2) is 8.75. The van der Waals surface area contributed by atoms with Crippen molar-refractivity contribution >= 4 is 44.7 Å². The number of carbonyl (C=O) groups is 1. The zero-order valence-electron chi connectivity index (χ0n) is 16.7. The fraction of sp³-hybridized carbons (Fsp3) is 0.273. The fourth-order valence-corrected chi connectivity index (χ4v) is 5.78. The molecule has 0 saturated heterocycles. The smallest absolute Gasteiger partial charge is 0.243 e. The van der Waals surface area contributed by atoms with Gasteiger partial charge >= 0.3 is 0 Å². The first-order valence-electron chi connectivity index (χ1n) is 9.84. The van der Waals surface area contributed by atoms with Crippen LogP contribution in [0.25, 0.3) is 16.6 Å². The van der Waals surface area contributed by atoms with E-state index in [1.165, 1.54) is 4.31 Å². The van der Waals surface area contributed by atoms with Gasteiger partial charge < -0.3 is 9.36 Å². The molecule has 3 aromatic rings. The molecule has 1 aliphatic rings. The molecule has 8 heteroatoms. The maximum atomic E-state index is 13.0. The van der Waals surface area contributed by atoms with E-state index in [1.807, 2.05) is 41.1 Å². The third-order valence-corrected chi connectivity index (χ3v) is 7.97. The third-order valence-electron chi connectivity index (χ3n) is 5.20. The minimum absolute atomic E-state index is 0.244. The maximum Gasteiger partial charge on any atom is 0.243 e. The molecule has 2 aromatic heterocycles. The van der Waals surface area contributed by atoms with Crippen molar-refractivity contribution in [2.75, 3.05) is 18.8 Å². The quantitative estimate of drug-likeness (QED) is 0.412. The minimum atomic E-state index is -3.53. The Balaban J connectivity index is 1.58. The zero-order chi connectivity index (χ0) is 21.1. The Kier molecular flexibility index (Phi) is 6.08. The molecule has 0 saturated carbocycles. The van der Waals surface area contributed by atoms with Crippen molar-refractivity contribution in [1.82, 2.24) is 13.9 Å². The third kappa shape index (κ3) is 3.95. The Morgan fingerprint density at radius 3 is 2.67 bits per heavy atom. The molecule has 0 spiro atoms. The molecule has 6 nitrogen and oxygen atoms in total. The highest BCUT2D eigenvalue weighted by atomic mass is 32.2. The lowest BCUT2D eigenvalue weighted by molar-refractivity contribution is -0.108. The predicted octanol–water partition coefficient (Wildman–Crippen LogP) is 3.83. The summed E-state index contributed by atoms with van der Waals surface area (Å²) in [6.45, 7) is 3.05. The van der Waals surface area contributed by atoms with Gasteiger partial charge in [-0.05, 0) is 54.1 Å². The molecule has 1 aliphatic heterocycles. The van der Waals surface area contributed by atoms with Crippen LogP contribution in [0.4, 0.5) is 0 Å². The van der Waals surface area contributed by atoms with Gasteiger partial charge in [-0.1, -0.05) is 13.0 Å². The molecule has 3 heterocycles. The normalized spacial score (nSPS) is 15.3. The van der Waals surface area contributed by atoms with Gasteiger partial charge in [-0.15, -0.1) is 11.8 Å². The number of pyridine rings is 1. The Bertz CT molecular complexity index is 1200. The minimum Gasteiger partial charge on any atom is -0.325 e. The van der Waals surface area contributed by atoms with Crippen LogP contribution in [0.15, 0.2) is 64.7 Å². The summed E-state index contributed by atoms with van der Waals surface area (Å²) >= 11 is 1.69. The maximum absolute atomic E-state index is 13.0. The summed E-state index contributed by atoms with van der Waals surface area (Å²) in [4.78, 5) is 16.8. The Hall–Kier alpha value is -2.42. The molecule has 1 aromatic carbocycles. The summed E-state index contributed by atoms with van der Waals surface area (Å²) in [5.41, 5.74) is 2.86. The molecule has 30 heavy (non-hydrogen) atoms. The van der Waals surface area contributed by atoms with E-state index in [0.717, 1.165) is 39.1 Å². The van der Waals surface area contributed by atoms with Crippen molar-refractivity contribution in [3.8, 4) is 0 Å². The van der Waals surface area contributed by atoms with Crippen molar-refractivity contribution in [3.05, 3.63) is 60.4 Å². The van der Waals surface area contributed by atoms with Crippen LogP contribution in [0.5, 0.6) is 0 Å². The molecule has 0 radical (unpaired) electrons. The number of nitrogens with zero attached hydrogens (tertiary/aromatic N) is 3. The summed E-state index contributed by atoms with van der Waals surface area (Å²) in [5.74, 6) is 0.949. The molecule has 0 atom stereocenters. The van der Waals surface area contributed by atoms with Gasteiger partial charge in [0.15, 0.2) is 0 Å². The predicted molar refractivity (Wildman–Crippen MR) is 120 cm³/mol. The van der Waals surface area contributed by atoms with Gasteiger partial charge in [-0.25, -0.2) is 13.4 Å². The van der Waals surface area contributed by atoms with Crippen molar-refractivity contribution in [3.63, 3.8) is 0 Å². The highest BCUT2D eigenvalue weighted by Crippen LogP contribution is 2.31. The van der Waals surface area contributed by atoms with Crippen molar-refractivity contribution in [1.29, 1.82) is 0 Å². The summed E-state index contributed by atoms with van der Waals surface area (Å²) in [6.07, 6.45) is 7.08. The molecule has 0 N–H and O–H groups in total. The van der Waals surface area contributed by atoms with Crippen LogP contribution in [-0.2, 0) is 21.4 Å². The Labute approximate surface area is 180 Å². The topological polar surface area (TPSA) is 72.3 Å². The van der Waals surface area contributed by atoms with Gasteiger partial charge in [0, 0.05) is 41.3 Å². The van der Waals surface area contributed by atoms with Crippen LogP contribution in [0.1, 0.15) is 18.9 Å². The molecular formula is C22H23N3O3S2. The van der Waals surface area contributed by atoms with Crippen LogP contribution in [0.2, 0.25) is 0 Å². The van der Waals surface area contributed by atoms with E-state index in [0.29, 0.717) is 24.4 Å². The molecule has 0 amide bonds. The summed E-state index contributed by atoms with van der Waals surface area (Å²) in [6, 6.07) is 11.0. The van der Waals surface area contributed by atoms with E-state index < -0.39 is 10.0 Å². The first kappa shape index (κ1) is 20.8. The van der Waals surface area contributed by atoms with Gasteiger partial charge in [0.2, 0.25) is 10.0 Å². The van der Waals surface area contributed by atoms with Crippen molar-refractivity contribution in [2.24, 2.45) is 0 Å². The Morgan fingerprint density at radius 1 is 1.20 bits per heavy atom. The fourth-order valence-electron chi connectivity index (χ4n) is 3.73. The number of thioether (sulfide) groups is 1. The number of rotatable bonds is 7. The van der Waals surface area contributed by atoms with Crippen LogP contribution in [0, 0.1) is 0 Å². The van der Waals surface area contributed by atoms with Gasteiger partial charge in [0.25, 0.3) is 0 Å². The summed E-state index contributed by atoms with van der Waals surface area (Å²) in [5, 5.41) is 0.978. The molecule has 4 rings (SSSR count). The van der Waals surface area contributed by atoms with Crippen molar-refractivity contribution in [2.45, 2.75) is 29.7 Å².